The summed E-state index contributed by atoms with van der Waals surface area (Å²) in [5, 5.41) is 2.57. The normalized spacial score (nSPS) is 20.5. The third-order valence-corrected chi connectivity index (χ3v) is 4.57. The van der Waals surface area contributed by atoms with Gasteiger partial charge in [0.1, 0.15) is 22.8 Å². The zero-order valence-electron chi connectivity index (χ0n) is 11.7. The Labute approximate surface area is 124 Å². The highest BCUT2D eigenvalue weighted by molar-refractivity contribution is 7.82. The van der Waals surface area contributed by atoms with E-state index in [1.54, 1.807) is 24.3 Å². The third kappa shape index (κ3) is 3.40. The first kappa shape index (κ1) is 15.5. The zero-order valence-corrected chi connectivity index (χ0v) is 12.5. The second-order valence-electron chi connectivity index (χ2n) is 4.34. The molecule has 1 aromatic rings. The predicted octanol–water partition coefficient (Wildman–Crippen LogP) is -0.309. The van der Waals surface area contributed by atoms with Crippen LogP contribution in [-0.2, 0) is 25.3 Å². The molecule has 0 radical (unpaired) electrons. The molecule has 1 aromatic carbocycles. The van der Waals surface area contributed by atoms with E-state index in [4.69, 9.17) is 9.47 Å². The number of carbonyl (C=O) groups excluding carboxylic acids is 2. The van der Waals surface area contributed by atoms with Gasteiger partial charge in [0.15, 0.2) is 0 Å². The summed E-state index contributed by atoms with van der Waals surface area (Å²) < 4.78 is 23.6. The van der Waals surface area contributed by atoms with Crippen molar-refractivity contribution < 1.29 is 23.3 Å². The Morgan fingerprint density at radius 2 is 2.00 bits per heavy atom. The number of nitrogens with zero attached hydrogens (tertiary/aromatic N) is 1. The molecule has 0 aliphatic carbocycles. The highest BCUT2D eigenvalue weighted by Crippen LogP contribution is 2.19. The summed E-state index contributed by atoms with van der Waals surface area (Å²) in [4.78, 5) is 23.7. The molecule has 114 valence electrons. The van der Waals surface area contributed by atoms with Crippen molar-refractivity contribution in [3.63, 3.8) is 0 Å². The third-order valence-electron chi connectivity index (χ3n) is 3.09. The molecule has 1 fully saturated rings. The van der Waals surface area contributed by atoms with Crippen molar-refractivity contribution in [2.45, 2.75) is 10.9 Å². The van der Waals surface area contributed by atoms with Gasteiger partial charge in [0.05, 0.1) is 25.7 Å². The van der Waals surface area contributed by atoms with Gasteiger partial charge in [-0.05, 0) is 24.3 Å². The highest BCUT2D eigenvalue weighted by Gasteiger charge is 2.36. The highest BCUT2D eigenvalue weighted by atomic mass is 32.2. The fraction of sp³-hybridized carbons (Fsp3) is 0.385. The molecule has 2 rings (SSSR count). The molecule has 2 atom stereocenters. The molecule has 2 unspecified atom stereocenters. The van der Waals surface area contributed by atoms with Gasteiger partial charge in [-0.25, -0.2) is 4.21 Å². The number of amides is 1. The molecule has 0 saturated carbocycles. The van der Waals surface area contributed by atoms with Gasteiger partial charge in [0.2, 0.25) is 5.91 Å². The van der Waals surface area contributed by atoms with E-state index in [9.17, 15) is 13.8 Å². The second kappa shape index (κ2) is 6.68. The van der Waals surface area contributed by atoms with E-state index in [-0.39, 0.29) is 19.0 Å². The lowest BCUT2D eigenvalue weighted by atomic mass is 10.2. The second-order valence-corrected chi connectivity index (χ2v) is 5.78. The Morgan fingerprint density at radius 1 is 1.33 bits per heavy atom. The molecule has 21 heavy (non-hydrogen) atoms. The number of benzene rings is 1. The molecule has 1 aliphatic rings. The van der Waals surface area contributed by atoms with Gasteiger partial charge in [-0.2, -0.15) is 4.31 Å². The first-order valence-electron chi connectivity index (χ1n) is 6.24. The van der Waals surface area contributed by atoms with Gasteiger partial charge in [-0.3, -0.25) is 9.59 Å². The molecule has 0 spiro atoms. The van der Waals surface area contributed by atoms with Crippen LogP contribution in [0.5, 0.6) is 5.75 Å². The van der Waals surface area contributed by atoms with Gasteiger partial charge in [0, 0.05) is 6.54 Å². The Kier molecular flexibility index (Phi) is 4.92. The van der Waals surface area contributed by atoms with Gasteiger partial charge in [0.25, 0.3) is 0 Å². The summed E-state index contributed by atoms with van der Waals surface area (Å²) in [6, 6.07) is 5.84. The van der Waals surface area contributed by atoms with Crippen LogP contribution in [0.4, 0.5) is 0 Å². The van der Waals surface area contributed by atoms with Crippen LogP contribution in [0.3, 0.4) is 0 Å². The van der Waals surface area contributed by atoms with Crippen LogP contribution in [-0.4, -0.2) is 53.7 Å². The van der Waals surface area contributed by atoms with Crippen molar-refractivity contribution in [3.05, 3.63) is 24.3 Å². The fourth-order valence-electron chi connectivity index (χ4n) is 1.96. The average molecular weight is 312 g/mol. The molecule has 1 N–H and O–H groups in total. The van der Waals surface area contributed by atoms with Crippen molar-refractivity contribution in [2.24, 2.45) is 0 Å². The lowest BCUT2D eigenvalue weighted by molar-refractivity contribution is -0.146. The lowest BCUT2D eigenvalue weighted by Gasteiger charge is -2.32. The largest absolute Gasteiger partial charge is 0.497 e. The van der Waals surface area contributed by atoms with E-state index in [0.29, 0.717) is 10.6 Å². The molecule has 1 heterocycles. The number of ether oxygens (including phenoxy) is 2. The van der Waals surface area contributed by atoms with E-state index >= 15 is 0 Å². The Balaban J connectivity index is 2.23. The molecular formula is C13H16N2O5S. The number of hydrogen-bond acceptors (Lipinski definition) is 5. The van der Waals surface area contributed by atoms with Crippen molar-refractivity contribution in [3.8, 4) is 5.75 Å². The van der Waals surface area contributed by atoms with E-state index in [1.807, 2.05) is 0 Å². The quantitative estimate of drug-likeness (QED) is 0.771. The van der Waals surface area contributed by atoms with Crippen LogP contribution in [0.1, 0.15) is 0 Å². The van der Waals surface area contributed by atoms with E-state index < -0.39 is 23.0 Å². The molecule has 1 amide bonds. The number of rotatable bonds is 4. The summed E-state index contributed by atoms with van der Waals surface area (Å²) in [6.07, 6.45) is 0. The smallest absolute Gasteiger partial charge is 0.325 e. The standard InChI is InChI=1S/C13H16N2O5S/c1-19-9-3-5-10(6-4-9)21(18)15-8-12(16)14-7-11(15)13(17)20-2/h3-6,11H,7-8H2,1-2H3,(H,14,16). The maximum absolute atomic E-state index is 12.6. The molecule has 7 nitrogen and oxygen atoms in total. The SMILES string of the molecule is COC(=O)C1CNC(=O)CN1S(=O)c1ccc(OC)cc1. The monoisotopic (exact) mass is 312 g/mol. The molecule has 1 aliphatic heterocycles. The molecule has 8 heteroatoms. The zero-order chi connectivity index (χ0) is 15.4. The minimum Gasteiger partial charge on any atom is -0.497 e. The first-order valence-corrected chi connectivity index (χ1v) is 7.34. The van der Waals surface area contributed by atoms with Crippen LogP contribution in [0.15, 0.2) is 29.2 Å². The van der Waals surface area contributed by atoms with Crippen LogP contribution < -0.4 is 10.1 Å². The minimum absolute atomic E-state index is 0.0768. The predicted molar refractivity (Wildman–Crippen MR) is 74.9 cm³/mol. The minimum atomic E-state index is -1.64. The van der Waals surface area contributed by atoms with E-state index in [2.05, 4.69) is 5.32 Å². The number of carbonyl (C=O) groups is 2. The lowest BCUT2D eigenvalue weighted by Crippen LogP contribution is -2.58. The van der Waals surface area contributed by atoms with E-state index in [1.165, 1.54) is 18.5 Å². The summed E-state index contributed by atoms with van der Waals surface area (Å²) in [5.74, 6) is -0.175. The van der Waals surface area contributed by atoms with Crippen LogP contribution in [0.2, 0.25) is 0 Å². The summed E-state index contributed by atoms with van der Waals surface area (Å²) in [5.41, 5.74) is 0. The summed E-state index contributed by atoms with van der Waals surface area (Å²) in [7, 11) is 1.16. The van der Waals surface area contributed by atoms with Crippen molar-refractivity contribution >= 4 is 22.9 Å². The van der Waals surface area contributed by atoms with Crippen LogP contribution >= 0.6 is 0 Å². The van der Waals surface area contributed by atoms with Crippen molar-refractivity contribution in [1.29, 1.82) is 0 Å². The van der Waals surface area contributed by atoms with Crippen molar-refractivity contribution in [1.82, 2.24) is 9.62 Å². The topological polar surface area (TPSA) is 84.9 Å². The van der Waals surface area contributed by atoms with Crippen LogP contribution in [0, 0.1) is 0 Å². The number of nitrogens with one attached hydrogen (secondary N) is 1. The number of piperazine rings is 1. The maximum atomic E-state index is 12.6. The van der Waals surface area contributed by atoms with E-state index in [0.717, 1.165) is 0 Å². The van der Waals surface area contributed by atoms with Gasteiger partial charge in [-0.1, -0.05) is 0 Å². The maximum Gasteiger partial charge on any atom is 0.325 e. The first-order chi connectivity index (χ1) is 10.1. The molecular weight excluding hydrogens is 296 g/mol. The Bertz CT molecular complexity index is 560. The fourth-order valence-corrected chi connectivity index (χ4v) is 3.22. The van der Waals surface area contributed by atoms with Gasteiger partial charge >= 0.3 is 5.97 Å². The number of methoxy groups -OCH3 is 2. The van der Waals surface area contributed by atoms with Crippen molar-refractivity contribution in [2.75, 3.05) is 27.3 Å². The number of esters is 1. The summed E-state index contributed by atoms with van der Waals surface area (Å²) in [6.45, 7) is -0.0498. The Hall–Kier alpha value is -1.93. The van der Waals surface area contributed by atoms with Gasteiger partial charge < -0.3 is 14.8 Å². The average Bonchev–Trinajstić information content (AvgIpc) is 2.53. The molecule has 1 saturated heterocycles. The van der Waals surface area contributed by atoms with Crippen LogP contribution in [0.25, 0.3) is 0 Å². The molecule has 0 aromatic heterocycles. The van der Waals surface area contributed by atoms with Gasteiger partial charge in [-0.15, -0.1) is 0 Å². The Morgan fingerprint density at radius 3 is 2.57 bits per heavy atom. The number of hydrogen-bond donors (Lipinski definition) is 1. The molecule has 0 bridgehead atoms. The summed E-state index contributed by atoms with van der Waals surface area (Å²) >= 11 is 0.